The molecule has 0 spiro atoms. The minimum Gasteiger partial charge on any atom is -0.497 e. The summed E-state index contributed by atoms with van der Waals surface area (Å²) in [4.78, 5) is 28.8. The number of methoxy groups -OCH3 is 1. The molecule has 0 aliphatic rings. The Balaban J connectivity index is 2.06. The lowest BCUT2D eigenvalue weighted by molar-refractivity contribution is -0.139. The molecule has 0 saturated carbocycles. The molecule has 0 heterocycles. The number of rotatable bonds is 13. The first kappa shape index (κ1) is 31.7. The van der Waals surface area contributed by atoms with Crippen molar-refractivity contribution in [1.82, 2.24) is 10.2 Å². The third-order valence-corrected chi connectivity index (χ3v) is 8.64. The summed E-state index contributed by atoms with van der Waals surface area (Å²) in [7, 11) is -2.56. The van der Waals surface area contributed by atoms with Crippen LogP contribution >= 0.6 is 0 Å². The van der Waals surface area contributed by atoms with Gasteiger partial charge in [0.05, 0.1) is 17.7 Å². The van der Waals surface area contributed by atoms with Gasteiger partial charge in [0.1, 0.15) is 18.3 Å². The Labute approximate surface area is 244 Å². The van der Waals surface area contributed by atoms with Gasteiger partial charge in [-0.2, -0.15) is 0 Å². The second kappa shape index (κ2) is 14.2. The van der Waals surface area contributed by atoms with Gasteiger partial charge in [0.25, 0.3) is 10.0 Å². The van der Waals surface area contributed by atoms with Gasteiger partial charge < -0.3 is 15.0 Å². The minimum atomic E-state index is -4.12. The highest BCUT2D eigenvalue weighted by molar-refractivity contribution is 7.92. The molecule has 0 aliphatic heterocycles. The van der Waals surface area contributed by atoms with Crippen LogP contribution in [0.1, 0.15) is 44.4 Å². The van der Waals surface area contributed by atoms with Crippen molar-refractivity contribution in [3.05, 3.63) is 89.5 Å². The number of sulfonamides is 1. The number of ether oxygens (including phenoxy) is 1. The lowest BCUT2D eigenvalue weighted by Gasteiger charge is -2.32. The summed E-state index contributed by atoms with van der Waals surface area (Å²) in [5, 5.41) is 2.90. The van der Waals surface area contributed by atoms with Crippen molar-refractivity contribution in [2.45, 2.75) is 58.5 Å². The van der Waals surface area contributed by atoms with E-state index in [1.807, 2.05) is 52.0 Å². The zero-order valence-electron chi connectivity index (χ0n) is 24.8. The SMILES string of the molecule is CCc1ccccc1N(CC(=O)N(Cc1cccc(OC)c1)[C@@H](C)C(=O)NCC(C)C)S(=O)(=O)c1ccc(C)cc1. The molecule has 1 N–H and O–H groups in total. The monoisotopic (exact) mass is 579 g/mol. The van der Waals surface area contributed by atoms with Crippen LogP contribution in [0.4, 0.5) is 5.69 Å². The number of carbonyl (C=O) groups is 2. The molecule has 41 heavy (non-hydrogen) atoms. The molecular formula is C32H41N3O5S. The Hall–Kier alpha value is -3.85. The van der Waals surface area contributed by atoms with Gasteiger partial charge in [-0.1, -0.05) is 68.8 Å². The molecule has 0 radical (unpaired) electrons. The van der Waals surface area contributed by atoms with Crippen LogP contribution in [0.15, 0.2) is 77.7 Å². The van der Waals surface area contributed by atoms with Crippen molar-refractivity contribution in [1.29, 1.82) is 0 Å². The smallest absolute Gasteiger partial charge is 0.264 e. The minimum absolute atomic E-state index is 0.0869. The number of hydrogen-bond donors (Lipinski definition) is 1. The summed E-state index contributed by atoms with van der Waals surface area (Å²) >= 11 is 0. The Morgan fingerprint density at radius 3 is 2.27 bits per heavy atom. The van der Waals surface area contributed by atoms with Crippen LogP contribution < -0.4 is 14.4 Å². The van der Waals surface area contributed by atoms with E-state index in [1.54, 1.807) is 62.6 Å². The lowest BCUT2D eigenvalue weighted by atomic mass is 10.1. The van der Waals surface area contributed by atoms with E-state index >= 15 is 0 Å². The van der Waals surface area contributed by atoms with Gasteiger partial charge in [-0.3, -0.25) is 13.9 Å². The van der Waals surface area contributed by atoms with Crippen molar-refractivity contribution in [2.24, 2.45) is 5.92 Å². The fourth-order valence-corrected chi connectivity index (χ4v) is 5.86. The number of hydrogen-bond acceptors (Lipinski definition) is 5. The number of anilines is 1. The van der Waals surface area contributed by atoms with Crippen molar-refractivity contribution in [3.63, 3.8) is 0 Å². The highest BCUT2D eigenvalue weighted by Crippen LogP contribution is 2.28. The van der Waals surface area contributed by atoms with E-state index in [1.165, 1.54) is 4.90 Å². The van der Waals surface area contributed by atoms with Crippen LogP contribution in [-0.2, 0) is 32.6 Å². The largest absolute Gasteiger partial charge is 0.497 e. The first-order chi connectivity index (χ1) is 19.5. The number of benzene rings is 3. The molecule has 3 aromatic carbocycles. The van der Waals surface area contributed by atoms with Gasteiger partial charge in [0.2, 0.25) is 11.8 Å². The average Bonchev–Trinajstić information content (AvgIpc) is 2.97. The van der Waals surface area contributed by atoms with Crippen LogP contribution in [-0.4, -0.2) is 51.4 Å². The molecule has 9 heteroatoms. The molecule has 8 nitrogen and oxygen atoms in total. The molecule has 0 saturated heterocycles. The fourth-order valence-electron chi connectivity index (χ4n) is 4.41. The molecule has 0 aliphatic carbocycles. The van der Waals surface area contributed by atoms with Crippen molar-refractivity contribution in [2.75, 3.05) is 24.5 Å². The highest BCUT2D eigenvalue weighted by atomic mass is 32.2. The van der Waals surface area contributed by atoms with Gasteiger partial charge in [-0.25, -0.2) is 8.42 Å². The second-order valence-electron chi connectivity index (χ2n) is 10.5. The number of para-hydroxylation sites is 1. The number of amides is 2. The van der Waals surface area contributed by atoms with E-state index in [2.05, 4.69) is 5.32 Å². The molecule has 2 amide bonds. The van der Waals surface area contributed by atoms with Crippen LogP contribution in [0.5, 0.6) is 5.75 Å². The summed E-state index contributed by atoms with van der Waals surface area (Å²) in [6, 6.07) is 20.1. The molecular weight excluding hydrogens is 538 g/mol. The Kier molecular flexibility index (Phi) is 10.9. The normalized spacial score (nSPS) is 12.1. The van der Waals surface area contributed by atoms with Crippen LogP contribution in [0.3, 0.4) is 0 Å². The standard InChI is InChI=1S/C32H41N3O5S/c1-7-27-12-8-9-14-30(27)35(41(38,39)29-17-15-24(4)16-18-29)22-31(36)34(25(5)32(37)33-20-23(2)3)21-26-11-10-13-28(19-26)40-6/h8-19,23,25H,7,20-22H2,1-6H3,(H,33,37)/t25-/m0/s1. The average molecular weight is 580 g/mol. The van der Waals surface area contributed by atoms with E-state index < -0.39 is 28.5 Å². The van der Waals surface area contributed by atoms with E-state index in [9.17, 15) is 18.0 Å². The van der Waals surface area contributed by atoms with E-state index in [0.717, 1.165) is 21.0 Å². The maximum absolute atomic E-state index is 14.1. The first-order valence-electron chi connectivity index (χ1n) is 13.8. The van der Waals surface area contributed by atoms with Crippen molar-refractivity contribution < 1.29 is 22.7 Å². The van der Waals surface area contributed by atoms with Crippen LogP contribution in [0.25, 0.3) is 0 Å². The Morgan fingerprint density at radius 1 is 0.951 bits per heavy atom. The van der Waals surface area contributed by atoms with Crippen molar-refractivity contribution >= 4 is 27.5 Å². The summed E-state index contributed by atoms with van der Waals surface area (Å²) in [6.45, 7) is 9.54. The van der Waals surface area contributed by atoms with Gasteiger partial charge >= 0.3 is 0 Å². The molecule has 0 unspecified atom stereocenters. The molecule has 220 valence electrons. The molecule has 1 atom stereocenters. The number of nitrogens with one attached hydrogen (secondary N) is 1. The van der Waals surface area contributed by atoms with Gasteiger partial charge in [-0.15, -0.1) is 0 Å². The van der Waals surface area contributed by atoms with Crippen LogP contribution in [0.2, 0.25) is 0 Å². The molecule has 3 rings (SSSR count). The first-order valence-corrected chi connectivity index (χ1v) is 15.3. The van der Waals surface area contributed by atoms with E-state index in [-0.39, 0.29) is 23.3 Å². The topological polar surface area (TPSA) is 96.0 Å². The molecule has 0 aromatic heterocycles. The third kappa shape index (κ3) is 8.10. The fraction of sp³-hybridized carbons (Fsp3) is 0.375. The van der Waals surface area contributed by atoms with E-state index in [0.29, 0.717) is 24.4 Å². The number of nitrogens with zero attached hydrogens (tertiary/aromatic N) is 2. The number of carbonyl (C=O) groups excluding carboxylic acids is 2. The molecule has 0 fully saturated rings. The quantitative estimate of drug-likeness (QED) is 0.309. The highest BCUT2D eigenvalue weighted by Gasteiger charge is 2.33. The van der Waals surface area contributed by atoms with Crippen LogP contribution in [0, 0.1) is 12.8 Å². The Morgan fingerprint density at radius 2 is 1.63 bits per heavy atom. The zero-order valence-corrected chi connectivity index (χ0v) is 25.6. The number of aryl methyl sites for hydroxylation is 2. The third-order valence-electron chi connectivity index (χ3n) is 6.87. The Bertz CT molecular complexity index is 1440. The maximum atomic E-state index is 14.1. The molecule has 3 aromatic rings. The summed E-state index contributed by atoms with van der Waals surface area (Å²) in [5.41, 5.74) is 2.90. The lowest BCUT2D eigenvalue weighted by Crippen LogP contribution is -2.51. The zero-order chi connectivity index (χ0) is 30.2. The summed E-state index contributed by atoms with van der Waals surface area (Å²) in [6.07, 6.45) is 0.575. The van der Waals surface area contributed by atoms with Gasteiger partial charge in [0.15, 0.2) is 0 Å². The second-order valence-corrected chi connectivity index (χ2v) is 12.4. The van der Waals surface area contributed by atoms with Gasteiger partial charge in [0, 0.05) is 13.1 Å². The molecule has 0 bridgehead atoms. The van der Waals surface area contributed by atoms with E-state index in [4.69, 9.17) is 4.74 Å². The van der Waals surface area contributed by atoms with Crippen molar-refractivity contribution in [3.8, 4) is 5.75 Å². The predicted molar refractivity (Wildman–Crippen MR) is 162 cm³/mol. The summed E-state index contributed by atoms with van der Waals surface area (Å²) < 4.78 is 34.6. The summed E-state index contributed by atoms with van der Waals surface area (Å²) in [5.74, 6) is 0.0418. The maximum Gasteiger partial charge on any atom is 0.264 e. The predicted octanol–water partition coefficient (Wildman–Crippen LogP) is 4.95. The van der Waals surface area contributed by atoms with Gasteiger partial charge in [-0.05, 0) is 67.6 Å².